The number of carbonyl (C=O) groups excluding carboxylic acids is 1. The van der Waals surface area contributed by atoms with E-state index in [1.807, 2.05) is 25.1 Å². The highest BCUT2D eigenvalue weighted by Crippen LogP contribution is 2.19. The Bertz CT molecular complexity index is 1080. The Morgan fingerprint density at radius 1 is 1.07 bits per heavy atom. The molecule has 0 radical (unpaired) electrons. The molecule has 7 nitrogen and oxygen atoms in total. The summed E-state index contributed by atoms with van der Waals surface area (Å²) in [6, 6.07) is 14.1. The van der Waals surface area contributed by atoms with Gasteiger partial charge in [-0.05, 0) is 74.8 Å². The maximum atomic E-state index is 13.0. The number of benzene rings is 2. The van der Waals surface area contributed by atoms with Crippen molar-refractivity contribution in [2.75, 3.05) is 25.4 Å². The van der Waals surface area contributed by atoms with Crippen molar-refractivity contribution >= 4 is 21.6 Å². The molecule has 0 saturated carbocycles. The Morgan fingerprint density at radius 2 is 1.73 bits per heavy atom. The Morgan fingerprint density at radius 3 is 2.30 bits per heavy atom. The zero-order chi connectivity index (χ0) is 21.7. The third-order valence-electron chi connectivity index (χ3n) is 4.47. The van der Waals surface area contributed by atoms with Gasteiger partial charge >= 0.3 is 0 Å². The molecular formula is C21H22FN3O4S. The fourth-order valence-corrected chi connectivity index (χ4v) is 3.89. The van der Waals surface area contributed by atoms with E-state index in [1.54, 1.807) is 12.3 Å². The molecule has 2 aromatic carbocycles. The second kappa shape index (κ2) is 9.10. The molecule has 0 aliphatic heterocycles. The minimum Gasteiger partial charge on any atom is -0.468 e. The van der Waals surface area contributed by atoms with E-state index >= 15 is 0 Å². The van der Waals surface area contributed by atoms with Crippen LogP contribution in [0.2, 0.25) is 0 Å². The molecule has 3 rings (SSSR count). The number of nitrogens with zero attached hydrogens (tertiary/aromatic N) is 1. The lowest BCUT2D eigenvalue weighted by Gasteiger charge is -2.22. The number of nitrogens with one attached hydrogen (secondary N) is 2. The van der Waals surface area contributed by atoms with Gasteiger partial charge in [0, 0.05) is 17.8 Å². The summed E-state index contributed by atoms with van der Waals surface area (Å²) in [7, 11) is -0.0720. The molecule has 1 amide bonds. The molecule has 0 saturated heterocycles. The van der Waals surface area contributed by atoms with Gasteiger partial charge in [-0.1, -0.05) is 0 Å². The van der Waals surface area contributed by atoms with E-state index in [1.165, 1.54) is 36.4 Å². The summed E-state index contributed by atoms with van der Waals surface area (Å²) in [5.41, 5.74) is 0.675. The van der Waals surface area contributed by atoms with Gasteiger partial charge in [-0.25, -0.2) is 12.8 Å². The van der Waals surface area contributed by atoms with E-state index in [0.29, 0.717) is 12.1 Å². The highest BCUT2D eigenvalue weighted by Gasteiger charge is 2.19. The van der Waals surface area contributed by atoms with E-state index in [4.69, 9.17) is 4.42 Å². The number of likely N-dealkylation sites (N-methyl/N-ethyl adjacent to an activating group) is 1. The van der Waals surface area contributed by atoms with Crippen LogP contribution < -0.4 is 10.0 Å². The molecular weight excluding hydrogens is 409 g/mol. The van der Waals surface area contributed by atoms with Crippen LogP contribution in [0.25, 0.3) is 0 Å². The van der Waals surface area contributed by atoms with Crippen molar-refractivity contribution in [1.82, 2.24) is 10.2 Å². The topological polar surface area (TPSA) is 91.7 Å². The van der Waals surface area contributed by atoms with Crippen LogP contribution in [-0.4, -0.2) is 39.9 Å². The summed E-state index contributed by atoms with van der Waals surface area (Å²) < 4.78 is 45.5. The summed E-state index contributed by atoms with van der Waals surface area (Å²) in [4.78, 5) is 14.3. The lowest BCUT2D eigenvalue weighted by Crippen LogP contribution is -2.34. The van der Waals surface area contributed by atoms with Crippen LogP contribution in [0.1, 0.15) is 22.2 Å². The molecule has 0 unspecified atom stereocenters. The maximum absolute atomic E-state index is 13.0. The molecule has 1 heterocycles. The zero-order valence-electron chi connectivity index (χ0n) is 16.5. The van der Waals surface area contributed by atoms with Gasteiger partial charge in [-0.3, -0.25) is 14.4 Å². The first-order valence-corrected chi connectivity index (χ1v) is 10.6. The Hall–Kier alpha value is -3.17. The SMILES string of the molecule is CN(C)[C@@H](CNC(=O)c1ccc(NS(=O)(=O)c2ccc(F)cc2)cc1)c1ccco1. The molecule has 0 bridgehead atoms. The molecule has 0 fully saturated rings. The number of rotatable bonds is 8. The number of anilines is 1. The summed E-state index contributed by atoms with van der Waals surface area (Å²) in [6.07, 6.45) is 1.58. The predicted molar refractivity (Wildman–Crippen MR) is 111 cm³/mol. The lowest BCUT2D eigenvalue weighted by atomic mass is 10.1. The Labute approximate surface area is 174 Å². The fraction of sp³-hybridized carbons (Fsp3) is 0.190. The van der Waals surface area contributed by atoms with Gasteiger partial charge < -0.3 is 9.73 Å². The second-order valence-electron chi connectivity index (χ2n) is 6.84. The molecule has 1 atom stereocenters. The van der Waals surface area contributed by atoms with Crippen LogP contribution in [-0.2, 0) is 10.0 Å². The van der Waals surface area contributed by atoms with Gasteiger partial charge in [0.2, 0.25) is 0 Å². The van der Waals surface area contributed by atoms with E-state index < -0.39 is 15.8 Å². The van der Waals surface area contributed by atoms with Crippen molar-refractivity contribution in [3.63, 3.8) is 0 Å². The van der Waals surface area contributed by atoms with Crippen molar-refractivity contribution in [3.05, 3.63) is 84.1 Å². The van der Waals surface area contributed by atoms with Crippen molar-refractivity contribution in [2.24, 2.45) is 0 Å². The summed E-state index contributed by atoms with van der Waals surface area (Å²) in [5, 5.41) is 2.85. The van der Waals surface area contributed by atoms with Crippen LogP contribution in [0, 0.1) is 5.82 Å². The third-order valence-corrected chi connectivity index (χ3v) is 5.87. The molecule has 0 spiro atoms. The smallest absolute Gasteiger partial charge is 0.261 e. The quantitative estimate of drug-likeness (QED) is 0.571. The molecule has 158 valence electrons. The minimum absolute atomic E-state index is 0.0571. The monoisotopic (exact) mass is 431 g/mol. The van der Waals surface area contributed by atoms with Gasteiger partial charge in [0.15, 0.2) is 0 Å². The van der Waals surface area contributed by atoms with Crippen molar-refractivity contribution in [2.45, 2.75) is 10.9 Å². The van der Waals surface area contributed by atoms with Crippen LogP contribution in [0.15, 0.2) is 76.2 Å². The standard InChI is InChI=1S/C21H22FN3O4S/c1-25(2)19(20-4-3-13-29-20)14-23-21(26)15-5-9-17(10-6-15)24-30(27,28)18-11-7-16(22)8-12-18/h3-13,19,24H,14H2,1-2H3,(H,23,26)/t19-/m0/s1. The molecule has 0 aliphatic rings. The summed E-state index contributed by atoms with van der Waals surface area (Å²) in [6.45, 7) is 0.346. The third kappa shape index (κ3) is 5.25. The van der Waals surface area contributed by atoms with Crippen molar-refractivity contribution in [1.29, 1.82) is 0 Å². The van der Waals surface area contributed by atoms with Crippen LogP contribution >= 0.6 is 0 Å². The highest BCUT2D eigenvalue weighted by atomic mass is 32.2. The summed E-state index contributed by atoms with van der Waals surface area (Å²) >= 11 is 0. The van der Waals surface area contributed by atoms with E-state index in [2.05, 4.69) is 10.0 Å². The average Bonchev–Trinajstić information content (AvgIpc) is 3.23. The summed E-state index contributed by atoms with van der Waals surface area (Å²) in [5.74, 6) is -0.0694. The molecule has 0 aliphatic carbocycles. The number of sulfonamides is 1. The molecule has 2 N–H and O–H groups in total. The molecule has 9 heteroatoms. The van der Waals surface area contributed by atoms with Gasteiger partial charge in [-0.15, -0.1) is 0 Å². The van der Waals surface area contributed by atoms with Gasteiger partial charge in [0.1, 0.15) is 11.6 Å². The van der Waals surface area contributed by atoms with Crippen molar-refractivity contribution < 1.29 is 22.0 Å². The highest BCUT2D eigenvalue weighted by molar-refractivity contribution is 7.92. The van der Waals surface area contributed by atoms with Crippen molar-refractivity contribution in [3.8, 4) is 0 Å². The fourth-order valence-electron chi connectivity index (χ4n) is 2.83. The number of carbonyl (C=O) groups is 1. The average molecular weight is 431 g/mol. The van der Waals surface area contributed by atoms with Gasteiger partial charge in [0.25, 0.3) is 15.9 Å². The van der Waals surface area contributed by atoms with Crippen LogP contribution in [0.5, 0.6) is 0 Å². The number of halogens is 1. The maximum Gasteiger partial charge on any atom is 0.261 e. The number of hydrogen-bond acceptors (Lipinski definition) is 5. The van der Waals surface area contributed by atoms with Crippen LogP contribution in [0.3, 0.4) is 0 Å². The second-order valence-corrected chi connectivity index (χ2v) is 8.52. The van der Waals surface area contributed by atoms with Crippen LogP contribution in [0.4, 0.5) is 10.1 Å². The van der Waals surface area contributed by atoms with E-state index in [0.717, 1.165) is 17.9 Å². The van der Waals surface area contributed by atoms with Gasteiger partial charge in [-0.2, -0.15) is 0 Å². The van der Waals surface area contributed by atoms with E-state index in [9.17, 15) is 17.6 Å². The van der Waals surface area contributed by atoms with Gasteiger partial charge in [0.05, 0.1) is 17.2 Å². The number of furan rings is 1. The normalized spacial score (nSPS) is 12.5. The molecule has 3 aromatic rings. The first kappa shape index (κ1) is 21.5. The number of amides is 1. The van der Waals surface area contributed by atoms with E-state index in [-0.39, 0.29) is 22.5 Å². The molecule has 1 aromatic heterocycles. The first-order valence-electron chi connectivity index (χ1n) is 9.13. The zero-order valence-corrected chi connectivity index (χ0v) is 17.3. The largest absolute Gasteiger partial charge is 0.468 e. The molecule has 30 heavy (non-hydrogen) atoms. The Balaban J connectivity index is 1.63. The predicted octanol–water partition coefficient (Wildman–Crippen LogP) is 3.25. The Kier molecular flexibility index (Phi) is 6.53. The number of hydrogen-bond donors (Lipinski definition) is 2. The minimum atomic E-state index is -3.85. The first-order chi connectivity index (χ1) is 14.3. The lowest BCUT2D eigenvalue weighted by molar-refractivity contribution is 0.0939.